The Morgan fingerprint density at radius 1 is 0.706 bits per heavy atom. The standard InChI is InChI=1S/C31H32OSSi/c1-2-3-24-32-30-25-33-31(30,26-16-8-4-9-17-26)34(27-18-10-5-11-19-27,28-20-12-6-13-21-28)29-22-14-7-15-23-29/h4-23,30H,2-3,24-25H2,1H3/t30?,31-/m1/s1. The summed E-state index contributed by atoms with van der Waals surface area (Å²) >= 11 is 2.10. The zero-order valence-corrected chi connectivity index (χ0v) is 21.6. The minimum Gasteiger partial charge on any atom is -0.376 e. The first-order valence-corrected chi connectivity index (χ1v) is 15.3. The fourth-order valence-corrected chi connectivity index (χ4v) is 14.6. The van der Waals surface area contributed by atoms with Gasteiger partial charge in [-0.2, -0.15) is 0 Å². The second-order valence-electron chi connectivity index (χ2n) is 8.97. The second-order valence-corrected chi connectivity index (χ2v) is 14.6. The predicted molar refractivity (Wildman–Crippen MR) is 149 cm³/mol. The fourth-order valence-electron chi connectivity index (χ4n) is 5.58. The van der Waals surface area contributed by atoms with Crippen molar-refractivity contribution in [1.82, 2.24) is 0 Å². The summed E-state index contributed by atoms with van der Waals surface area (Å²) in [6.07, 6.45) is 2.41. The van der Waals surface area contributed by atoms with Crippen LogP contribution in [-0.4, -0.2) is 26.5 Å². The molecule has 5 rings (SSSR count). The first kappa shape index (κ1) is 23.2. The smallest absolute Gasteiger partial charge is 0.172 e. The predicted octanol–water partition coefficient (Wildman–Crippen LogP) is 5.52. The average Bonchev–Trinajstić information content (AvgIpc) is 2.91. The maximum Gasteiger partial charge on any atom is 0.172 e. The number of ether oxygens (including phenoxy) is 1. The summed E-state index contributed by atoms with van der Waals surface area (Å²) in [4.78, 5) is 0. The number of thioether (sulfide) groups is 1. The SMILES string of the molecule is CCCCOC1CS[C@]1(c1ccccc1)[Si](c1ccccc1)(c1ccccc1)c1ccccc1. The van der Waals surface area contributed by atoms with Crippen molar-refractivity contribution in [3.8, 4) is 0 Å². The Labute approximate surface area is 209 Å². The quantitative estimate of drug-likeness (QED) is 0.177. The van der Waals surface area contributed by atoms with E-state index >= 15 is 0 Å². The Bertz CT molecular complexity index is 1070. The lowest BCUT2D eigenvalue weighted by molar-refractivity contribution is 0.0449. The Balaban J connectivity index is 1.86. The van der Waals surface area contributed by atoms with Crippen LogP contribution in [0.5, 0.6) is 0 Å². The van der Waals surface area contributed by atoms with Gasteiger partial charge in [0.15, 0.2) is 8.07 Å². The van der Waals surface area contributed by atoms with Gasteiger partial charge in [0, 0.05) is 12.4 Å². The topological polar surface area (TPSA) is 9.23 Å². The zero-order valence-electron chi connectivity index (χ0n) is 19.8. The van der Waals surface area contributed by atoms with E-state index < -0.39 is 8.07 Å². The molecule has 1 heterocycles. The van der Waals surface area contributed by atoms with Gasteiger partial charge >= 0.3 is 0 Å². The summed E-state index contributed by atoms with van der Waals surface area (Å²) in [5, 5.41) is 4.31. The van der Waals surface area contributed by atoms with Crippen molar-refractivity contribution in [3.63, 3.8) is 0 Å². The van der Waals surface area contributed by atoms with E-state index in [2.05, 4.69) is 140 Å². The lowest BCUT2D eigenvalue weighted by Crippen LogP contribution is -2.83. The summed E-state index contributed by atoms with van der Waals surface area (Å²) in [6.45, 7) is 3.06. The molecule has 0 N–H and O–H groups in total. The molecule has 1 fully saturated rings. The second kappa shape index (κ2) is 10.3. The molecule has 4 aromatic rings. The normalized spacial score (nSPS) is 20.0. The molecule has 4 aromatic carbocycles. The van der Waals surface area contributed by atoms with Gasteiger partial charge in [-0.3, -0.25) is 0 Å². The number of hydrogen-bond donors (Lipinski definition) is 0. The van der Waals surface area contributed by atoms with Crippen molar-refractivity contribution < 1.29 is 4.74 Å². The van der Waals surface area contributed by atoms with Crippen molar-refractivity contribution in [3.05, 3.63) is 127 Å². The van der Waals surface area contributed by atoms with Gasteiger partial charge in [0.1, 0.15) is 0 Å². The summed E-state index contributed by atoms with van der Waals surface area (Å²) in [5.41, 5.74) is 1.39. The summed E-state index contributed by atoms with van der Waals surface area (Å²) < 4.78 is 6.61. The van der Waals surface area contributed by atoms with E-state index in [9.17, 15) is 0 Å². The van der Waals surface area contributed by atoms with Crippen LogP contribution in [0.3, 0.4) is 0 Å². The van der Waals surface area contributed by atoms with Crippen molar-refractivity contribution in [1.29, 1.82) is 0 Å². The van der Waals surface area contributed by atoms with E-state index in [1.165, 1.54) is 21.1 Å². The van der Waals surface area contributed by atoms with Crippen LogP contribution in [0.4, 0.5) is 0 Å². The van der Waals surface area contributed by atoms with Crippen molar-refractivity contribution in [2.75, 3.05) is 12.4 Å². The molecule has 2 atom stereocenters. The Hall–Kier alpha value is -2.59. The molecule has 0 bridgehead atoms. The average molecular weight is 481 g/mol. The molecule has 1 aliphatic heterocycles. The molecule has 172 valence electrons. The van der Waals surface area contributed by atoms with E-state index in [4.69, 9.17) is 4.74 Å². The Kier molecular flexibility index (Phi) is 7.05. The van der Waals surface area contributed by atoms with Crippen molar-refractivity contribution in [2.45, 2.75) is 30.2 Å². The number of rotatable bonds is 9. The number of unbranched alkanes of at least 4 members (excludes halogenated alkanes) is 1. The monoisotopic (exact) mass is 480 g/mol. The minimum absolute atomic E-state index is 0.161. The van der Waals surface area contributed by atoms with Gasteiger partial charge < -0.3 is 4.74 Å². The van der Waals surface area contributed by atoms with Gasteiger partial charge in [-0.25, -0.2) is 0 Å². The van der Waals surface area contributed by atoms with E-state index in [0.717, 1.165) is 25.2 Å². The van der Waals surface area contributed by atoms with Crippen LogP contribution >= 0.6 is 11.8 Å². The molecule has 0 spiro atoms. The molecule has 0 radical (unpaired) electrons. The largest absolute Gasteiger partial charge is 0.376 e. The van der Waals surface area contributed by atoms with Gasteiger partial charge in [0.05, 0.1) is 10.5 Å². The van der Waals surface area contributed by atoms with Crippen LogP contribution in [0.25, 0.3) is 0 Å². The summed E-state index contributed by atoms with van der Waals surface area (Å²) in [5.74, 6) is 1.03. The van der Waals surface area contributed by atoms with Gasteiger partial charge in [-0.15, -0.1) is 11.8 Å². The molecule has 3 heteroatoms. The van der Waals surface area contributed by atoms with Crippen molar-refractivity contribution in [2.24, 2.45) is 0 Å². The molecular formula is C31H32OSSi. The molecule has 0 saturated carbocycles. The van der Waals surface area contributed by atoms with Crippen molar-refractivity contribution >= 4 is 35.4 Å². The van der Waals surface area contributed by atoms with Crippen LogP contribution in [-0.2, 0) is 9.11 Å². The molecular weight excluding hydrogens is 448 g/mol. The van der Waals surface area contributed by atoms with Gasteiger partial charge in [-0.05, 0) is 27.5 Å². The molecule has 0 aliphatic carbocycles. The van der Waals surface area contributed by atoms with E-state index in [0.29, 0.717) is 0 Å². The minimum atomic E-state index is -2.62. The molecule has 0 amide bonds. The van der Waals surface area contributed by atoms with E-state index in [1.807, 2.05) is 0 Å². The highest BCUT2D eigenvalue weighted by atomic mass is 32.2. The van der Waals surface area contributed by atoms with E-state index in [-0.39, 0.29) is 10.5 Å². The van der Waals surface area contributed by atoms with Crippen LogP contribution in [0.15, 0.2) is 121 Å². The van der Waals surface area contributed by atoms with E-state index in [1.54, 1.807) is 0 Å². The third-order valence-corrected chi connectivity index (χ3v) is 15.2. The number of hydrogen-bond acceptors (Lipinski definition) is 2. The Morgan fingerprint density at radius 2 is 1.15 bits per heavy atom. The van der Waals surface area contributed by atoms with Crippen LogP contribution < -0.4 is 15.6 Å². The molecule has 1 aliphatic rings. The maximum atomic E-state index is 6.77. The lowest BCUT2D eigenvalue weighted by atomic mass is 10.1. The first-order chi connectivity index (χ1) is 16.8. The summed E-state index contributed by atoms with van der Waals surface area (Å²) in [7, 11) is -2.62. The molecule has 1 unspecified atom stereocenters. The van der Waals surface area contributed by atoms with Crippen LogP contribution in [0.1, 0.15) is 25.3 Å². The van der Waals surface area contributed by atoms with Crippen LogP contribution in [0.2, 0.25) is 0 Å². The van der Waals surface area contributed by atoms with Crippen LogP contribution in [0, 0.1) is 0 Å². The summed E-state index contributed by atoms with van der Waals surface area (Å²) in [6, 6.07) is 45.0. The fraction of sp³-hybridized carbons (Fsp3) is 0.226. The highest BCUT2D eigenvalue weighted by Crippen LogP contribution is 2.56. The third-order valence-electron chi connectivity index (χ3n) is 7.11. The third kappa shape index (κ3) is 3.76. The zero-order chi connectivity index (χ0) is 23.3. The van der Waals surface area contributed by atoms with Gasteiger partial charge in [-0.1, -0.05) is 135 Å². The molecule has 1 saturated heterocycles. The van der Waals surface area contributed by atoms with Gasteiger partial charge in [0.2, 0.25) is 0 Å². The molecule has 34 heavy (non-hydrogen) atoms. The number of benzene rings is 4. The molecule has 1 nitrogen and oxygen atoms in total. The maximum absolute atomic E-state index is 6.77. The Morgan fingerprint density at radius 3 is 1.53 bits per heavy atom. The lowest BCUT2D eigenvalue weighted by Gasteiger charge is -2.59. The van der Waals surface area contributed by atoms with Gasteiger partial charge in [0.25, 0.3) is 0 Å². The molecule has 0 aromatic heterocycles. The highest BCUT2D eigenvalue weighted by Gasteiger charge is 2.66. The first-order valence-electron chi connectivity index (χ1n) is 12.3. The highest BCUT2D eigenvalue weighted by molar-refractivity contribution is 8.04.